The van der Waals surface area contributed by atoms with E-state index in [9.17, 15) is 4.79 Å². The predicted molar refractivity (Wildman–Crippen MR) is 94.6 cm³/mol. The highest BCUT2D eigenvalue weighted by Crippen LogP contribution is 2.32. The van der Waals surface area contributed by atoms with Crippen LogP contribution >= 0.6 is 38.5 Å². The molecule has 5 heteroatoms. The lowest BCUT2D eigenvalue weighted by Crippen LogP contribution is -2.06. The van der Waals surface area contributed by atoms with Gasteiger partial charge in [0.15, 0.2) is 17.3 Å². The molecule has 0 heterocycles. The Morgan fingerprint density at radius 2 is 1.67 bits per heavy atom. The fraction of sp³-hybridized carbons (Fsp3) is 0.188. The number of carbonyl (C=O) groups is 1. The molecule has 0 radical (unpaired) electrons. The second kappa shape index (κ2) is 6.79. The largest absolute Gasteiger partial charge is 0.493 e. The molecule has 0 aliphatic heterocycles. The molecule has 0 bridgehead atoms. The minimum Gasteiger partial charge on any atom is -0.493 e. The number of hydrogen-bond acceptors (Lipinski definition) is 3. The zero-order valence-electron chi connectivity index (χ0n) is 11.9. The summed E-state index contributed by atoms with van der Waals surface area (Å²) in [5.74, 6) is 1.13. The third-order valence-corrected chi connectivity index (χ3v) is 4.51. The van der Waals surface area contributed by atoms with Crippen molar-refractivity contribution in [3.63, 3.8) is 0 Å². The third-order valence-electron chi connectivity index (χ3n) is 3.15. The van der Waals surface area contributed by atoms with Crippen molar-refractivity contribution in [2.45, 2.75) is 6.92 Å². The number of ether oxygens (including phenoxy) is 2. The van der Waals surface area contributed by atoms with Crippen molar-refractivity contribution in [2.75, 3.05) is 14.2 Å². The van der Waals surface area contributed by atoms with Crippen molar-refractivity contribution in [2.24, 2.45) is 0 Å². The average molecular weight is 461 g/mol. The Morgan fingerprint density at radius 3 is 2.29 bits per heavy atom. The van der Waals surface area contributed by atoms with Crippen molar-refractivity contribution in [1.82, 2.24) is 0 Å². The van der Waals surface area contributed by atoms with Crippen molar-refractivity contribution in [1.29, 1.82) is 0 Å². The fourth-order valence-corrected chi connectivity index (χ4v) is 2.96. The van der Waals surface area contributed by atoms with Gasteiger partial charge < -0.3 is 9.47 Å². The Kier molecular flexibility index (Phi) is 5.27. The van der Waals surface area contributed by atoms with Gasteiger partial charge in [0.2, 0.25) is 0 Å². The van der Waals surface area contributed by atoms with Gasteiger partial charge in [0.05, 0.1) is 14.2 Å². The van der Waals surface area contributed by atoms with Gasteiger partial charge in [0.25, 0.3) is 0 Å². The molecule has 0 saturated heterocycles. The summed E-state index contributed by atoms with van der Waals surface area (Å²) in [6, 6.07) is 9.23. The van der Waals surface area contributed by atoms with Gasteiger partial charge in [-0.25, -0.2) is 0 Å². The van der Waals surface area contributed by atoms with Crippen LogP contribution in [0.4, 0.5) is 0 Å². The molecule has 0 N–H and O–H groups in total. The van der Waals surface area contributed by atoms with E-state index < -0.39 is 0 Å². The highest BCUT2D eigenvalue weighted by atomic mass is 127. The molecule has 0 spiro atoms. The van der Waals surface area contributed by atoms with Crippen LogP contribution < -0.4 is 9.47 Å². The molecule has 0 saturated carbocycles. The lowest BCUT2D eigenvalue weighted by molar-refractivity contribution is 0.103. The summed E-state index contributed by atoms with van der Waals surface area (Å²) in [6.07, 6.45) is 0. The van der Waals surface area contributed by atoms with Gasteiger partial charge in [-0.3, -0.25) is 4.79 Å². The van der Waals surface area contributed by atoms with Crippen LogP contribution in [0.15, 0.2) is 34.8 Å². The number of ketones is 1. The van der Waals surface area contributed by atoms with Crippen molar-refractivity contribution < 1.29 is 14.3 Å². The second-order valence-corrected chi connectivity index (χ2v) is 6.58. The van der Waals surface area contributed by atoms with Crippen molar-refractivity contribution in [3.8, 4) is 11.5 Å². The van der Waals surface area contributed by atoms with Gasteiger partial charge in [0, 0.05) is 19.2 Å². The van der Waals surface area contributed by atoms with Gasteiger partial charge >= 0.3 is 0 Å². The molecular formula is C16H14BrIO3. The first-order valence-electron chi connectivity index (χ1n) is 6.20. The maximum absolute atomic E-state index is 12.8. The first-order valence-corrected chi connectivity index (χ1v) is 8.07. The van der Waals surface area contributed by atoms with E-state index in [0.717, 1.165) is 13.6 Å². The number of aryl methyl sites for hydroxylation is 1. The van der Waals surface area contributed by atoms with Gasteiger partial charge in [-0.2, -0.15) is 0 Å². The van der Waals surface area contributed by atoms with Crippen molar-refractivity contribution >= 4 is 44.3 Å². The molecule has 0 amide bonds. The minimum atomic E-state index is -0.0427. The molecule has 3 nitrogen and oxygen atoms in total. The molecule has 2 aromatic rings. The Balaban J connectivity index is 2.55. The number of hydrogen-bond donors (Lipinski definition) is 0. The molecule has 0 unspecified atom stereocenters. The first kappa shape index (κ1) is 16.3. The van der Waals surface area contributed by atoms with Gasteiger partial charge in [-0.15, -0.1) is 0 Å². The van der Waals surface area contributed by atoms with Crippen LogP contribution in [0.5, 0.6) is 11.5 Å². The maximum atomic E-state index is 12.8. The number of carbonyl (C=O) groups excluding carboxylic acids is 1. The van der Waals surface area contributed by atoms with E-state index in [0.29, 0.717) is 22.6 Å². The highest BCUT2D eigenvalue weighted by Gasteiger charge is 2.18. The van der Waals surface area contributed by atoms with E-state index in [1.165, 1.54) is 0 Å². The van der Waals surface area contributed by atoms with E-state index in [1.54, 1.807) is 20.3 Å². The summed E-state index contributed by atoms with van der Waals surface area (Å²) < 4.78 is 12.3. The molecule has 2 rings (SSSR count). The van der Waals surface area contributed by atoms with Gasteiger partial charge in [-0.05, 0) is 65.4 Å². The summed E-state index contributed by atoms with van der Waals surface area (Å²) in [4.78, 5) is 12.8. The van der Waals surface area contributed by atoms with Crippen molar-refractivity contribution in [3.05, 3.63) is 55.1 Å². The predicted octanol–water partition coefficient (Wildman–Crippen LogP) is 4.61. The molecule has 0 aliphatic carbocycles. The normalized spacial score (nSPS) is 10.3. The van der Waals surface area contributed by atoms with E-state index in [-0.39, 0.29) is 5.78 Å². The van der Waals surface area contributed by atoms with Crippen LogP contribution in [-0.4, -0.2) is 20.0 Å². The number of rotatable bonds is 4. The average Bonchev–Trinajstić information content (AvgIpc) is 2.48. The SMILES string of the molecule is COc1cc(C)c(C(=O)c2cc(I)ccc2Br)cc1OC. The topological polar surface area (TPSA) is 35.5 Å². The molecule has 0 atom stereocenters. The van der Waals surface area contributed by atoms with Crippen LogP contribution in [0.3, 0.4) is 0 Å². The zero-order chi connectivity index (χ0) is 15.6. The molecule has 0 fully saturated rings. The number of methoxy groups -OCH3 is 2. The third kappa shape index (κ3) is 3.40. The Bertz CT molecular complexity index is 698. The summed E-state index contributed by atoms with van der Waals surface area (Å²) in [7, 11) is 3.14. The lowest BCUT2D eigenvalue weighted by Gasteiger charge is -2.13. The number of halogens is 2. The summed E-state index contributed by atoms with van der Waals surface area (Å²) in [6.45, 7) is 1.89. The number of benzene rings is 2. The fourth-order valence-electron chi connectivity index (χ4n) is 2.04. The van der Waals surface area contributed by atoms with Crippen LogP contribution in [0.1, 0.15) is 21.5 Å². The summed E-state index contributed by atoms with van der Waals surface area (Å²) >= 11 is 5.63. The smallest absolute Gasteiger partial charge is 0.194 e. The summed E-state index contributed by atoms with van der Waals surface area (Å²) in [5.41, 5.74) is 2.09. The van der Waals surface area contributed by atoms with Crippen LogP contribution in [-0.2, 0) is 0 Å². The monoisotopic (exact) mass is 460 g/mol. The Morgan fingerprint density at radius 1 is 1.05 bits per heavy atom. The Hall–Kier alpha value is -1.08. The lowest BCUT2D eigenvalue weighted by atomic mass is 9.98. The van der Waals surface area contributed by atoms with E-state index in [2.05, 4.69) is 38.5 Å². The highest BCUT2D eigenvalue weighted by molar-refractivity contribution is 14.1. The molecule has 0 aromatic heterocycles. The molecule has 0 aliphatic rings. The quantitative estimate of drug-likeness (QED) is 0.493. The molecule has 110 valence electrons. The molecule has 21 heavy (non-hydrogen) atoms. The second-order valence-electron chi connectivity index (χ2n) is 4.48. The maximum Gasteiger partial charge on any atom is 0.194 e. The van der Waals surface area contributed by atoms with Crippen LogP contribution in [0.2, 0.25) is 0 Å². The van der Waals surface area contributed by atoms with E-state index in [4.69, 9.17) is 9.47 Å². The molecular weight excluding hydrogens is 447 g/mol. The van der Waals surface area contributed by atoms with E-state index in [1.807, 2.05) is 31.2 Å². The minimum absolute atomic E-state index is 0.0427. The Labute approximate surface area is 145 Å². The zero-order valence-corrected chi connectivity index (χ0v) is 15.6. The molecule has 2 aromatic carbocycles. The van der Waals surface area contributed by atoms with Crippen LogP contribution in [0.25, 0.3) is 0 Å². The van der Waals surface area contributed by atoms with E-state index >= 15 is 0 Å². The standard InChI is InChI=1S/C16H14BrIO3/c1-9-6-14(20-2)15(21-3)8-11(9)16(19)12-7-10(18)4-5-13(12)17/h4-8H,1-3H3. The van der Waals surface area contributed by atoms with Gasteiger partial charge in [0.1, 0.15) is 0 Å². The summed E-state index contributed by atoms with van der Waals surface area (Å²) in [5, 5.41) is 0. The van der Waals surface area contributed by atoms with Crippen LogP contribution in [0, 0.1) is 10.5 Å². The van der Waals surface area contributed by atoms with Gasteiger partial charge in [-0.1, -0.05) is 15.9 Å². The first-order chi connectivity index (χ1) is 9.97.